The number of benzene rings is 2. The van der Waals surface area contributed by atoms with Gasteiger partial charge in [0.25, 0.3) is 5.56 Å². The lowest BCUT2D eigenvalue weighted by Crippen LogP contribution is -2.22. The molecule has 0 aliphatic rings. The van der Waals surface area contributed by atoms with Crippen molar-refractivity contribution < 1.29 is 9.53 Å². The molecule has 0 aliphatic heterocycles. The van der Waals surface area contributed by atoms with Crippen molar-refractivity contribution in [2.24, 2.45) is 0 Å². The maximum atomic E-state index is 12.8. The van der Waals surface area contributed by atoms with E-state index >= 15 is 0 Å². The summed E-state index contributed by atoms with van der Waals surface area (Å²) in [4.78, 5) is 25.3. The fraction of sp³-hybridized carbons (Fsp3) is 0.143. The van der Waals surface area contributed by atoms with Gasteiger partial charge in [0.1, 0.15) is 5.75 Å². The zero-order chi connectivity index (χ0) is 21.1. The minimum absolute atomic E-state index is 0.119. The van der Waals surface area contributed by atoms with E-state index in [1.165, 1.54) is 16.3 Å². The zero-order valence-corrected chi connectivity index (χ0v) is 17.1. The quantitative estimate of drug-likeness (QED) is 0.364. The van der Waals surface area contributed by atoms with Crippen molar-refractivity contribution in [3.05, 3.63) is 71.5 Å². The molecule has 0 spiro atoms. The highest BCUT2D eigenvalue weighted by Crippen LogP contribution is 2.25. The molecule has 0 aliphatic carbocycles. The summed E-state index contributed by atoms with van der Waals surface area (Å²) in [5.74, 6) is 0.910. The number of nitrogens with zero attached hydrogens (tertiary/aromatic N) is 4. The number of fused-ring (bicyclic) bond motifs is 3. The Balaban J connectivity index is 1.66. The second-order valence-electron chi connectivity index (χ2n) is 6.38. The summed E-state index contributed by atoms with van der Waals surface area (Å²) >= 11 is 1.24. The highest BCUT2D eigenvalue weighted by molar-refractivity contribution is 7.99. The first-order valence-electron chi connectivity index (χ1n) is 9.17. The number of amides is 1. The summed E-state index contributed by atoms with van der Waals surface area (Å²) in [5.41, 5.74) is 1.13. The molecule has 0 bridgehead atoms. The van der Waals surface area contributed by atoms with Gasteiger partial charge in [0, 0.05) is 6.54 Å². The first-order chi connectivity index (χ1) is 14.6. The fourth-order valence-corrected chi connectivity index (χ4v) is 3.93. The summed E-state index contributed by atoms with van der Waals surface area (Å²) in [6.07, 6.45) is 1.64. The number of hydrogen-bond acceptors (Lipinski definition) is 6. The fourth-order valence-electron chi connectivity index (χ4n) is 3.19. The van der Waals surface area contributed by atoms with E-state index in [1.807, 2.05) is 30.3 Å². The molecule has 152 valence electrons. The third kappa shape index (κ3) is 3.55. The number of carbonyl (C=O) groups excluding carboxylic acids is 1. The van der Waals surface area contributed by atoms with Crippen LogP contribution in [0.1, 0.15) is 0 Å². The van der Waals surface area contributed by atoms with Crippen molar-refractivity contribution in [2.75, 3.05) is 18.2 Å². The van der Waals surface area contributed by atoms with E-state index in [0.717, 1.165) is 0 Å². The van der Waals surface area contributed by atoms with Gasteiger partial charge in [-0.25, -0.2) is 0 Å². The minimum atomic E-state index is -0.204. The molecule has 0 saturated heterocycles. The van der Waals surface area contributed by atoms with Gasteiger partial charge in [0.2, 0.25) is 11.7 Å². The zero-order valence-electron chi connectivity index (χ0n) is 16.2. The molecule has 0 radical (unpaired) electrons. The molecular formula is C21H19N5O3S. The predicted octanol–water partition coefficient (Wildman–Crippen LogP) is 2.97. The van der Waals surface area contributed by atoms with E-state index in [-0.39, 0.29) is 17.2 Å². The number of carbonyl (C=O) groups is 1. The summed E-state index contributed by atoms with van der Waals surface area (Å²) in [6, 6.07) is 14.5. The molecule has 4 aromatic rings. The van der Waals surface area contributed by atoms with Crippen molar-refractivity contribution in [1.82, 2.24) is 19.2 Å². The van der Waals surface area contributed by atoms with E-state index in [1.54, 1.807) is 35.8 Å². The highest BCUT2D eigenvalue weighted by Gasteiger charge is 2.17. The molecule has 0 unspecified atom stereocenters. The molecule has 2 aromatic heterocycles. The van der Waals surface area contributed by atoms with Gasteiger partial charge < -0.3 is 10.1 Å². The van der Waals surface area contributed by atoms with Crippen LogP contribution in [0, 0.1) is 0 Å². The number of nitrogens with one attached hydrogen (secondary N) is 1. The van der Waals surface area contributed by atoms with Gasteiger partial charge in [-0.15, -0.1) is 16.8 Å². The van der Waals surface area contributed by atoms with E-state index in [4.69, 9.17) is 4.74 Å². The van der Waals surface area contributed by atoms with Crippen LogP contribution in [-0.4, -0.2) is 37.9 Å². The Bertz CT molecular complexity index is 1310. The molecule has 0 fully saturated rings. The lowest BCUT2D eigenvalue weighted by Gasteiger charge is -2.10. The maximum Gasteiger partial charge on any atom is 0.263 e. The van der Waals surface area contributed by atoms with Crippen LogP contribution in [0.15, 0.2) is 71.1 Å². The Morgan fingerprint density at radius 1 is 1.20 bits per heavy atom. The Kier molecular flexibility index (Phi) is 5.53. The van der Waals surface area contributed by atoms with Crippen LogP contribution in [0.4, 0.5) is 5.69 Å². The minimum Gasteiger partial charge on any atom is -0.495 e. The molecule has 2 heterocycles. The van der Waals surface area contributed by atoms with E-state index < -0.39 is 0 Å². The monoisotopic (exact) mass is 421 g/mol. The van der Waals surface area contributed by atoms with Crippen LogP contribution < -0.4 is 15.6 Å². The average Bonchev–Trinajstić information content (AvgIpc) is 3.19. The predicted molar refractivity (Wildman–Crippen MR) is 117 cm³/mol. The normalized spacial score (nSPS) is 11.0. The van der Waals surface area contributed by atoms with Gasteiger partial charge in [-0.1, -0.05) is 42.1 Å². The van der Waals surface area contributed by atoms with E-state index in [2.05, 4.69) is 22.1 Å². The number of rotatable bonds is 7. The Labute approximate surface area is 176 Å². The van der Waals surface area contributed by atoms with Gasteiger partial charge in [-0.3, -0.25) is 18.6 Å². The standard InChI is InChI=1S/C21H19N5O3S/c1-3-12-25-19(28)14-8-4-6-10-16(14)26-20(25)23-24-21(26)30-13-18(27)22-15-9-5-7-11-17(15)29-2/h3-11H,1,12-13H2,2H3,(H,22,27). The van der Waals surface area contributed by atoms with Crippen molar-refractivity contribution >= 4 is 40.0 Å². The van der Waals surface area contributed by atoms with Crippen molar-refractivity contribution in [2.45, 2.75) is 11.7 Å². The number of thioether (sulfide) groups is 1. The maximum absolute atomic E-state index is 12.8. The number of methoxy groups -OCH3 is 1. The van der Waals surface area contributed by atoms with Crippen LogP contribution in [0.5, 0.6) is 5.75 Å². The summed E-state index contributed by atoms with van der Waals surface area (Å²) < 4.78 is 8.57. The van der Waals surface area contributed by atoms with Crippen LogP contribution in [0.25, 0.3) is 16.7 Å². The van der Waals surface area contributed by atoms with E-state index in [0.29, 0.717) is 39.8 Å². The van der Waals surface area contributed by atoms with Crippen LogP contribution in [-0.2, 0) is 11.3 Å². The number of aromatic nitrogens is 4. The first-order valence-corrected chi connectivity index (χ1v) is 10.2. The number of anilines is 1. The first kappa shape index (κ1) is 19.7. The molecule has 8 nitrogen and oxygen atoms in total. The second-order valence-corrected chi connectivity index (χ2v) is 7.32. The number of ether oxygens (including phenoxy) is 1. The van der Waals surface area contributed by atoms with Gasteiger partial charge in [-0.05, 0) is 24.3 Å². The van der Waals surface area contributed by atoms with Crippen molar-refractivity contribution in [1.29, 1.82) is 0 Å². The van der Waals surface area contributed by atoms with Gasteiger partial charge in [0.05, 0.1) is 29.5 Å². The lowest BCUT2D eigenvalue weighted by molar-refractivity contribution is -0.113. The van der Waals surface area contributed by atoms with Crippen molar-refractivity contribution in [3.8, 4) is 5.75 Å². The molecular weight excluding hydrogens is 402 g/mol. The Morgan fingerprint density at radius 2 is 1.97 bits per heavy atom. The largest absolute Gasteiger partial charge is 0.495 e. The molecule has 1 amide bonds. The Morgan fingerprint density at radius 3 is 2.77 bits per heavy atom. The molecule has 30 heavy (non-hydrogen) atoms. The lowest BCUT2D eigenvalue weighted by atomic mass is 10.2. The molecule has 4 rings (SSSR count). The average molecular weight is 421 g/mol. The molecule has 2 aromatic carbocycles. The van der Waals surface area contributed by atoms with Crippen LogP contribution in [0.2, 0.25) is 0 Å². The topological polar surface area (TPSA) is 90.5 Å². The molecule has 1 N–H and O–H groups in total. The third-order valence-electron chi connectivity index (χ3n) is 4.50. The number of allylic oxidation sites excluding steroid dienone is 1. The van der Waals surface area contributed by atoms with Crippen LogP contribution in [0.3, 0.4) is 0 Å². The SMILES string of the molecule is C=CCn1c(=O)c2ccccc2n2c(SCC(=O)Nc3ccccc3OC)nnc12. The van der Waals surface area contributed by atoms with Crippen molar-refractivity contribution in [3.63, 3.8) is 0 Å². The number of hydrogen-bond donors (Lipinski definition) is 1. The molecule has 9 heteroatoms. The number of para-hydroxylation sites is 3. The summed E-state index contributed by atoms with van der Waals surface area (Å²) in [5, 5.41) is 12.3. The van der Waals surface area contributed by atoms with Gasteiger partial charge in [0.15, 0.2) is 5.16 Å². The van der Waals surface area contributed by atoms with E-state index in [9.17, 15) is 9.59 Å². The Hall–Kier alpha value is -3.59. The van der Waals surface area contributed by atoms with Gasteiger partial charge >= 0.3 is 0 Å². The smallest absolute Gasteiger partial charge is 0.263 e. The second kappa shape index (κ2) is 8.42. The molecule has 0 atom stereocenters. The van der Waals surface area contributed by atoms with Crippen LogP contribution >= 0.6 is 11.8 Å². The van der Waals surface area contributed by atoms with Gasteiger partial charge in [-0.2, -0.15) is 0 Å². The highest BCUT2D eigenvalue weighted by atomic mass is 32.2. The third-order valence-corrected chi connectivity index (χ3v) is 5.43. The summed E-state index contributed by atoms with van der Waals surface area (Å²) in [6.45, 7) is 4.03. The summed E-state index contributed by atoms with van der Waals surface area (Å²) in [7, 11) is 1.55. The molecule has 0 saturated carbocycles.